The van der Waals surface area contributed by atoms with E-state index in [0.717, 1.165) is 6.42 Å². The van der Waals surface area contributed by atoms with Crippen LogP contribution in [0.3, 0.4) is 0 Å². The van der Waals surface area contributed by atoms with Crippen LogP contribution in [0.4, 0.5) is 11.4 Å². The number of benzene rings is 2. The van der Waals surface area contributed by atoms with Gasteiger partial charge in [0.15, 0.2) is 18.1 Å². The van der Waals surface area contributed by atoms with E-state index in [4.69, 9.17) is 18.7 Å². The lowest BCUT2D eigenvalue weighted by molar-refractivity contribution is -0.384. The smallest absolute Gasteiger partial charge is 0.340 e. The molecule has 35 heavy (non-hydrogen) atoms. The number of nitro groups is 1. The molecule has 1 fully saturated rings. The van der Waals surface area contributed by atoms with Crippen LogP contribution in [0.5, 0.6) is 11.5 Å². The number of aromatic nitrogens is 2. The molecule has 1 heterocycles. The highest BCUT2D eigenvalue weighted by Crippen LogP contribution is 2.40. The van der Waals surface area contributed by atoms with Crippen LogP contribution in [0, 0.1) is 22.0 Å². The minimum atomic E-state index is -0.750. The van der Waals surface area contributed by atoms with Gasteiger partial charge in [0.2, 0.25) is 11.7 Å². The number of hydrogen-bond acceptors (Lipinski definition) is 10. The van der Waals surface area contributed by atoms with Gasteiger partial charge in [0.25, 0.3) is 11.6 Å². The maximum Gasteiger partial charge on any atom is 0.340 e. The molecule has 1 aliphatic carbocycles. The minimum absolute atomic E-state index is 0.0181. The third-order valence-electron chi connectivity index (χ3n) is 5.58. The van der Waals surface area contributed by atoms with Crippen LogP contribution in [0.25, 0.3) is 11.4 Å². The van der Waals surface area contributed by atoms with Gasteiger partial charge in [0.1, 0.15) is 0 Å². The van der Waals surface area contributed by atoms with Gasteiger partial charge in [-0.25, -0.2) is 4.79 Å². The molecular formula is C23H22N4O8. The van der Waals surface area contributed by atoms with Crippen LogP contribution in [-0.4, -0.2) is 41.2 Å². The zero-order valence-electron chi connectivity index (χ0n) is 19.1. The van der Waals surface area contributed by atoms with Crippen molar-refractivity contribution in [2.75, 3.05) is 19.5 Å². The molecular weight excluding hydrogens is 460 g/mol. The monoisotopic (exact) mass is 482 g/mol. The number of nitrogens with one attached hydrogen (secondary N) is 1. The van der Waals surface area contributed by atoms with Gasteiger partial charge in [0, 0.05) is 35.7 Å². The molecule has 0 spiro atoms. The first-order valence-electron chi connectivity index (χ1n) is 10.6. The van der Waals surface area contributed by atoms with Crippen molar-refractivity contribution in [1.82, 2.24) is 10.1 Å². The third-order valence-corrected chi connectivity index (χ3v) is 5.58. The summed E-state index contributed by atoms with van der Waals surface area (Å²) >= 11 is 0. The Balaban J connectivity index is 1.49. The fraction of sp³-hybridized carbons (Fsp3) is 0.304. The Bertz CT molecular complexity index is 1270. The maximum atomic E-state index is 12.9. The molecule has 0 radical (unpaired) electrons. The summed E-state index contributed by atoms with van der Waals surface area (Å²) in [4.78, 5) is 39.8. The summed E-state index contributed by atoms with van der Waals surface area (Å²) in [7, 11) is 2.87. The number of carbonyl (C=O) groups is 2. The highest BCUT2D eigenvalue weighted by molar-refractivity contribution is 6.03. The summed E-state index contributed by atoms with van der Waals surface area (Å²) < 4.78 is 21.0. The average Bonchev–Trinajstić information content (AvgIpc) is 3.41. The lowest BCUT2D eigenvalue weighted by Gasteiger charge is -2.15. The van der Waals surface area contributed by atoms with Crippen molar-refractivity contribution in [3.8, 4) is 22.9 Å². The maximum absolute atomic E-state index is 12.9. The Hall–Kier alpha value is -4.48. The van der Waals surface area contributed by atoms with Crippen molar-refractivity contribution in [1.29, 1.82) is 0 Å². The molecule has 1 aliphatic rings. The van der Waals surface area contributed by atoms with Crippen molar-refractivity contribution >= 4 is 23.3 Å². The molecule has 12 nitrogen and oxygen atoms in total. The summed E-state index contributed by atoms with van der Waals surface area (Å²) in [5.41, 5.74) is 0.727. The first kappa shape index (κ1) is 23.7. The molecule has 2 unspecified atom stereocenters. The van der Waals surface area contributed by atoms with Gasteiger partial charge in [-0.15, -0.1) is 0 Å². The summed E-state index contributed by atoms with van der Waals surface area (Å²) in [5.74, 6) is 0.0660. The van der Waals surface area contributed by atoms with Gasteiger partial charge < -0.3 is 24.1 Å². The van der Waals surface area contributed by atoms with Gasteiger partial charge in [-0.1, -0.05) is 12.1 Å². The second-order valence-corrected chi connectivity index (χ2v) is 7.95. The zero-order valence-corrected chi connectivity index (χ0v) is 19.1. The molecule has 1 N–H and O–H groups in total. The molecule has 1 aromatic heterocycles. The summed E-state index contributed by atoms with van der Waals surface area (Å²) in [6.45, 7) is 1.64. The lowest BCUT2D eigenvalue weighted by atomic mass is 10.1. The van der Waals surface area contributed by atoms with E-state index in [1.165, 1.54) is 50.6 Å². The Morgan fingerprint density at radius 1 is 1.17 bits per heavy atom. The molecule has 0 bridgehead atoms. The molecule has 2 atom stereocenters. The van der Waals surface area contributed by atoms with Gasteiger partial charge in [-0.3, -0.25) is 14.9 Å². The van der Waals surface area contributed by atoms with Crippen molar-refractivity contribution in [3.63, 3.8) is 0 Å². The number of nitro benzene ring substituents is 1. The van der Waals surface area contributed by atoms with E-state index < -0.39 is 10.9 Å². The van der Waals surface area contributed by atoms with E-state index in [0.29, 0.717) is 11.3 Å². The number of rotatable bonds is 9. The largest absolute Gasteiger partial charge is 0.493 e. The molecule has 2 aromatic carbocycles. The topological polar surface area (TPSA) is 156 Å². The SMILES string of the molecule is COc1cc(NC(=O)C2CC2C)c(C(=O)OCc2nc(-c3ccc([N+](=O)[O-])cc3)no2)cc1OC. The molecule has 3 aromatic rings. The van der Waals surface area contributed by atoms with Crippen molar-refractivity contribution in [2.24, 2.45) is 11.8 Å². The van der Waals surface area contributed by atoms with E-state index in [-0.39, 0.29) is 58.8 Å². The van der Waals surface area contributed by atoms with Crippen LogP contribution >= 0.6 is 0 Å². The molecule has 12 heteroatoms. The molecule has 182 valence electrons. The van der Waals surface area contributed by atoms with E-state index in [1.54, 1.807) is 0 Å². The van der Waals surface area contributed by atoms with E-state index >= 15 is 0 Å². The van der Waals surface area contributed by atoms with Crippen LogP contribution in [0.2, 0.25) is 0 Å². The number of methoxy groups -OCH3 is 2. The van der Waals surface area contributed by atoms with Crippen LogP contribution in [0.1, 0.15) is 29.6 Å². The summed E-state index contributed by atoms with van der Waals surface area (Å²) in [6.07, 6.45) is 0.785. The lowest BCUT2D eigenvalue weighted by Crippen LogP contribution is -2.18. The summed E-state index contributed by atoms with van der Waals surface area (Å²) in [5, 5.41) is 17.4. The number of nitrogens with zero attached hydrogens (tertiary/aromatic N) is 3. The Kier molecular flexibility index (Phi) is 6.62. The predicted molar refractivity (Wildman–Crippen MR) is 121 cm³/mol. The van der Waals surface area contributed by atoms with Crippen molar-refractivity contribution < 1.29 is 33.2 Å². The molecule has 1 amide bonds. The highest BCUT2D eigenvalue weighted by atomic mass is 16.6. The van der Waals surface area contributed by atoms with E-state index in [1.807, 2.05) is 6.92 Å². The molecule has 0 aliphatic heterocycles. The van der Waals surface area contributed by atoms with Crippen LogP contribution in [-0.2, 0) is 16.1 Å². The Labute approximate surface area is 199 Å². The molecule has 1 saturated carbocycles. The first-order valence-corrected chi connectivity index (χ1v) is 10.6. The zero-order chi connectivity index (χ0) is 25.1. The van der Waals surface area contributed by atoms with Gasteiger partial charge >= 0.3 is 5.97 Å². The normalized spacial score (nSPS) is 16.3. The molecule has 4 rings (SSSR count). The van der Waals surface area contributed by atoms with E-state index in [2.05, 4.69) is 15.5 Å². The number of anilines is 1. The van der Waals surface area contributed by atoms with Crippen LogP contribution in [0.15, 0.2) is 40.9 Å². The quantitative estimate of drug-likeness (QED) is 0.271. The Morgan fingerprint density at radius 3 is 2.43 bits per heavy atom. The Morgan fingerprint density at radius 2 is 1.83 bits per heavy atom. The van der Waals surface area contributed by atoms with Gasteiger partial charge in [0.05, 0.1) is 30.4 Å². The van der Waals surface area contributed by atoms with Gasteiger partial charge in [-0.2, -0.15) is 4.98 Å². The number of carbonyl (C=O) groups excluding carboxylic acids is 2. The number of hydrogen-bond donors (Lipinski definition) is 1. The van der Waals surface area contributed by atoms with Crippen molar-refractivity contribution in [3.05, 3.63) is 58.0 Å². The van der Waals surface area contributed by atoms with Crippen molar-refractivity contribution in [2.45, 2.75) is 20.0 Å². The number of amides is 1. The second kappa shape index (κ2) is 9.79. The average molecular weight is 482 g/mol. The molecule has 0 saturated heterocycles. The number of non-ortho nitro benzene ring substituents is 1. The fourth-order valence-electron chi connectivity index (χ4n) is 3.43. The standard InChI is InChI=1S/C23H22N4O8/c1-12-8-15(12)22(28)24-17-10-19(33-3)18(32-2)9-16(17)23(29)34-11-20-25-21(26-35-20)13-4-6-14(7-5-13)27(30)31/h4-7,9-10,12,15H,8,11H2,1-3H3,(H,24,28). The fourth-order valence-corrected chi connectivity index (χ4v) is 3.43. The minimum Gasteiger partial charge on any atom is -0.493 e. The van der Waals surface area contributed by atoms with E-state index in [9.17, 15) is 19.7 Å². The third kappa shape index (κ3) is 5.21. The van der Waals surface area contributed by atoms with Gasteiger partial charge in [-0.05, 0) is 24.5 Å². The highest BCUT2D eigenvalue weighted by Gasteiger charge is 2.39. The number of ether oxygens (including phenoxy) is 3. The predicted octanol–water partition coefficient (Wildman–Crippen LogP) is 3.61. The number of esters is 1. The second-order valence-electron chi connectivity index (χ2n) is 7.95. The first-order chi connectivity index (χ1) is 16.8. The summed E-state index contributed by atoms with van der Waals surface area (Å²) in [6, 6.07) is 8.53. The van der Waals surface area contributed by atoms with Crippen LogP contribution < -0.4 is 14.8 Å².